The Labute approximate surface area is 100 Å². The minimum absolute atomic E-state index is 0.0205. The van der Waals surface area contributed by atoms with Crippen LogP contribution < -0.4 is 10.2 Å². The summed E-state index contributed by atoms with van der Waals surface area (Å²) in [4.78, 5) is 18.0. The molecule has 1 aromatic rings. The van der Waals surface area contributed by atoms with E-state index in [0.717, 1.165) is 0 Å². The molecule has 1 saturated heterocycles. The van der Waals surface area contributed by atoms with E-state index in [2.05, 4.69) is 10.3 Å². The van der Waals surface area contributed by atoms with E-state index in [0.29, 0.717) is 24.6 Å². The first-order chi connectivity index (χ1) is 8.05. The summed E-state index contributed by atoms with van der Waals surface area (Å²) < 4.78 is 0. The van der Waals surface area contributed by atoms with Crippen LogP contribution in [0.15, 0.2) is 18.2 Å². The molecule has 0 bridgehead atoms. The number of rotatable bonds is 1. The predicted molar refractivity (Wildman–Crippen MR) is 63.4 cm³/mol. The smallest absolute Gasteiger partial charge is 0.245 e. The molecule has 2 heterocycles. The molecule has 1 fully saturated rings. The molecule has 0 radical (unpaired) electrons. The van der Waals surface area contributed by atoms with Crippen LogP contribution in [-0.2, 0) is 4.79 Å². The summed E-state index contributed by atoms with van der Waals surface area (Å²) in [7, 11) is 0. The van der Waals surface area contributed by atoms with E-state index in [1.54, 1.807) is 12.1 Å². The van der Waals surface area contributed by atoms with Gasteiger partial charge in [-0.1, -0.05) is 6.07 Å². The molecule has 1 aliphatic rings. The summed E-state index contributed by atoms with van der Waals surface area (Å²) in [5.41, 5.74) is -0.274. The van der Waals surface area contributed by atoms with Crippen molar-refractivity contribution in [2.75, 3.05) is 18.0 Å². The predicted octanol–water partition coefficient (Wildman–Crippen LogP) is 0.668. The maximum Gasteiger partial charge on any atom is 0.245 e. The highest BCUT2D eigenvalue weighted by Gasteiger charge is 2.38. The molecule has 0 aliphatic carbocycles. The highest BCUT2D eigenvalue weighted by atomic mass is 16.2. The highest BCUT2D eigenvalue weighted by Crippen LogP contribution is 2.24. The van der Waals surface area contributed by atoms with Crippen LogP contribution in [0.3, 0.4) is 0 Å². The van der Waals surface area contributed by atoms with E-state index >= 15 is 0 Å². The van der Waals surface area contributed by atoms with Crippen LogP contribution in [0.5, 0.6) is 0 Å². The van der Waals surface area contributed by atoms with Gasteiger partial charge in [0.05, 0.1) is 0 Å². The van der Waals surface area contributed by atoms with Gasteiger partial charge in [0.15, 0.2) is 0 Å². The van der Waals surface area contributed by atoms with Crippen molar-refractivity contribution in [3.05, 3.63) is 23.9 Å². The van der Waals surface area contributed by atoms with Gasteiger partial charge in [-0.2, -0.15) is 5.26 Å². The Kier molecular flexibility index (Phi) is 2.72. The van der Waals surface area contributed by atoms with Crippen LogP contribution in [0.1, 0.15) is 19.5 Å². The first kappa shape index (κ1) is 11.4. The fraction of sp³-hybridized carbons (Fsp3) is 0.417. The lowest BCUT2D eigenvalue weighted by atomic mass is 9.99. The van der Waals surface area contributed by atoms with Gasteiger partial charge in [0, 0.05) is 13.1 Å². The van der Waals surface area contributed by atoms with E-state index in [4.69, 9.17) is 5.26 Å². The molecule has 0 spiro atoms. The standard InChI is InChI=1S/C12H14N4O/c1-12(2)11(17)14-6-7-16(12)10-5-3-4-9(8-13)15-10/h3-5H,6-7H2,1-2H3,(H,14,17). The van der Waals surface area contributed by atoms with E-state index in [1.807, 2.05) is 30.9 Å². The number of pyridine rings is 1. The van der Waals surface area contributed by atoms with Crippen molar-refractivity contribution in [3.63, 3.8) is 0 Å². The molecule has 0 unspecified atom stereocenters. The molecule has 2 rings (SSSR count). The Morgan fingerprint density at radius 2 is 2.29 bits per heavy atom. The van der Waals surface area contributed by atoms with Gasteiger partial charge >= 0.3 is 0 Å². The Morgan fingerprint density at radius 3 is 3.00 bits per heavy atom. The number of nitrogens with zero attached hydrogens (tertiary/aromatic N) is 3. The average Bonchev–Trinajstić information content (AvgIpc) is 2.32. The van der Waals surface area contributed by atoms with Gasteiger partial charge in [-0.25, -0.2) is 4.98 Å². The van der Waals surface area contributed by atoms with Crippen molar-refractivity contribution >= 4 is 11.7 Å². The van der Waals surface area contributed by atoms with E-state index in [-0.39, 0.29) is 5.91 Å². The van der Waals surface area contributed by atoms with Gasteiger partial charge in [0.2, 0.25) is 5.91 Å². The van der Waals surface area contributed by atoms with Crippen LogP contribution in [0.25, 0.3) is 0 Å². The summed E-state index contributed by atoms with van der Waals surface area (Å²) in [6, 6.07) is 7.26. The van der Waals surface area contributed by atoms with Crippen LogP contribution in [0, 0.1) is 11.3 Å². The van der Waals surface area contributed by atoms with Crippen molar-refractivity contribution in [1.82, 2.24) is 10.3 Å². The Morgan fingerprint density at radius 1 is 1.53 bits per heavy atom. The molecular weight excluding hydrogens is 216 g/mol. The van der Waals surface area contributed by atoms with Crippen molar-refractivity contribution in [1.29, 1.82) is 5.26 Å². The average molecular weight is 230 g/mol. The lowest BCUT2D eigenvalue weighted by Gasteiger charge is -2.42. The molecule has 1 aromatic heterocycles. The summed E-state index contributed by atoms with van der Waals surface area (Å²) >= 11 is 0. The molecule has 0 atom stereocenters. The van der Waals surface area contributed by atoms with Crippen molar-refractivity contribution < 1.29 is 4.79 Å². The first-order valence-corrected chi connectivity index (χ1v) is 5.49. The molecule has 17 heavy (non-hydrogen) atoms. The lowest BCUT2D eigenvalue weighted by molar-refractivity contribution is -0.126. The second kappa shape index (κ2) is 4.06. The largest absolute Gasteiger partial charge is 0.352 e. The quantitative estimate of drug-likeness (QED) is 0.769. The van der Waals surface area contributed by atoms with Gasteiger partial charge in [0.25, 0.3) is 0 Å². The van der Waals surface area contributed by atoms with Crippen LogP contribution in [0.4, 0.5) is 5.82 Å². The molecule has 5 heteroatoms. The third-order valence-corrected chi connectivity index (χ3v) is 2.98. The monoisotopic (exact) mass is 230 g/mol. The number of carbonyl (C=O) groups is 1. The van der Waals surface area contributed by atoms with Crippen molar-refractivity contribution in [3.8, 4) is 6.07 Å². The molecule has 5 nitrogen and oxygen atoms in total. The van der Waals surface area contributed by atoms with Gasteiger partial charge in [0.1, 0.15) is 23.1 Å². The lowest BCUT2D eigenvalue weighted by Crippen LogP contribution is -2.62. The summed E-state index contributed by atoms with van der Waals surface area (Å²) in [6.45, 7) is 4.99. The normalized spacial score (nSPS) is 18.4. The third kappa shape index (κ3) is 1.94. The number of carbonyl (C=O) groups excluding carboxylic acids is 1. The molecule has 0 aromatic carbocycles. The third-order valence-electron chi connectivity index (χ3n) is 2.98. The Balaban J connectivity index is 2.38. The maximum absolute atomic E-state index is 11.8. The summed E-state index contributed by atoms with van der Waals surface area (Å²) in [6.07, 6.45) is 0. The van der Waals surface area contributed by atoms with E-state index < -0.39 is 5.54 Å². The molecule has 1 amide bonds. The zero-order chi connectivity index (χ0) is 12.5. The van der Waals surface area contributed by atoms with Crippen LogP contribution in [-0.4, -0.2) is 29.5 Å². The zero-order valence-electron chi connectivity index (χ0n) is 9.90. The molecule has 0 saturated carbocycles. The van der Waals surface area contributed by atoms with Gasteiger partial charge in [-0.05, 0) is 26.0 Å². The number of amides is 1. The fourth-order valence-electron chi connectivity index (χ4n) is 1.94. The Hall–Kier alpha value is -2.09. The fourth-order valence-corrected chi connectivity index (χ4v) is 1.94. The zero-order valence-corrected chi connectivity index (χ0v) is 9.90. The van der Waals surface area contributed by atoms with Gasteiger partial charge in [-0.15, -0.1) is 0 Å². The first-order valence-electron chi connectivity index (χ1n) is 5.49. The van der Waals surface area contributed by atoms with Crippen LogP contribution >= 0.6 is 0 Å². The number of hydrogen-bond acceptors (Lipinski definition) is 4. The molecule has 1 aliphatic heterocycles. The van der Waals surface area contributed by atoms with E-state index in [9.17, 15) is 4.79 Å². The second-order valence-electron chi connectivity index (χ2n) is 4.46. The molecule has 88 valence electrons. The number of hydrogen-bond donors (Lipinski definition) is 1. The number of nitriles is 1. The molecule has 1 N–H and O–H groups in total. The number of piperazine rings is 1. The van der Waals surface area contributed by atoms with Gasteiger partial charge in [-0.3, -0.25) is 4.79 Å². The number of anilines is 1. The topological polar surface area (TPSA) is 69.0 Å². The van der Waals surface area contributed by atoms with E-state index in [1.165, 1.54) is 0 Å². The number of aromatic nitrogens is 1. The second-order valence-corrected chi connectivity index (χ2v) is 4.46. The van der Waals surface area contributed by atoms with Crippen molar-refractivity contribution in [2.45, 2.75) is 19.4 Å². The highest BCUT2D eigenvalue weighted by molar-refractivity contribution is 5.90. The van der Waals surface area contributed by atoms with Crippen molar-refractivity contribution in [2.24, 2.45) is 0 Å². The van der Waals surface area contributed by atoms with Gasteiger partial charge < -0.3 is 10.2 Å². The minimum Gasteiger partial charge on any atom is -0.352 e. The maximum atomic E-state index is 11.8. The SMILES string of the molecule is CC1(C)C(=O)NCCN1c1cccc(C#N)n1. The minimum atomic E-state index is -0.640. The molecular formula is C12H14N4O. The summed E-state index contributed by atoms with van der Waals surface area (Å²) in [5.74, 6) is 0.650. The Bertz CT molecular complexity index is 490. The van der Waals surface area contributed by atoms with Crippen LogP contribution in [0.2, 0.25) is 0 Å². The summed E-state index contributed by atoms with van der Waals surface area (Å²) in [5, 5.41) is 11.7. The number of nitrogens with one attached hydrogen (secondary N) is 1.